The number of aliphatic hydroxyl groups excluding tert-OH is 4. The molecule has 1 aliphatic heterocycles. The van der Waals surface area contributed by atoms with Crippen LogP contribution < -0.4 is 5.32 Å². The van der Waals surface area contributed by atoms with E-state index in [1.165, 1.54) is 0 Å². The molecule has 0 bridgehead atoms. The molecule has 7 heteroatoms. The van der Waals surface area contributed by atoms with E-state index in [0.29, 0.717) is 6.41 Å². The normalized spacial score (nSPS) is 43.3. The van der Waals surface area contributed by atoms with E-state index in [9.17, 15) is 15.0 Å². The van der Waals surface area contributed by atoms with Gasteiger partial charge >= 0.3 is 0 Å². The second-order valence-electron chi connectivity index (χ2n) is 3.06. The van der Waals surface area contributed by atoms with Crippen molar-refractivity contribution in [2.75, 3.05) is 6.54 Å². The summed E-state index contributed by atoms with van der Waals surface area (Å²) in [6.07, 6.45) is -6.48. The number of rotatable bonds is 3. The molecule has 82 valence electrons. The third-order valence-corrected chi connectivity index (χ3v) is 2.09. The van der Waals surface area contributed by atoms with E-state index >= 15 is 0 Å². The first-order valence-electron chi connectivity index (χ1n) is 4.12. The lowest BCUT2D eigenvalue weighted by atomic mass is 9.99. The summed E-state index contributed by atoms with van der Waals surface area (Å²) >= 11 is 0. The summed E-state index contributed by atoms with van der Waals surface area (Å²) in [4.78, 5) is 9.96. The summed E-state index contributed by atoms with van der Waals surface area (Å²) in [6.45, 7) is -0.0501. The van der Waals surface area contributed by atoms with Gasteiger partial charge in [-0.05, 0) is 0 Å². The van der Waals surface area contributed by atoms with Crippen LogP contribution in [-0.4, -0.2) is 64.1 Å². The fraction of sp³-hybridized carbons (Fsp3) is 0.857. The molecule has 1 heterocycles. The fourth-order valence-corrected chi connectivity index (χ4v) is 1.26. The standard InChI is InChI=1S/C7H13NO6/c9-2-8-1-3-4(10)5(11)6(12)7(13)14-3/h2-7,10-13H,1H2,(H,8,9)/t3-,4-,5+,6-,7+/m1/s1. The molecule has 1 saturated heterocycles. The van der Waals surface area contributed by atoms with Gasteiger partial charge in [0, 0.05) is 6.54 Å². The highest BCUT2D eigenvalue weighted by atomic mass is 16.6. The number of nitrogens with one attached hydrogen (secondary N) is 1. The molecule has 1 fully saturated rings. The molecule has 1 rings (SSSR count). The fourth-order valence-electron chi connectivity index (χ4n) is 1.26. The summed E-state index contributed by atoms with van der Waals surface area (Å²) in [5.41, 5.74) is 0. The van der Waals surface area contributed by atoms with E-state index in [2.05, 4.69) is 5.32 Å². The lowest BCUT2D eigenvalue weighted by Crippen LogP contribution is -2.59. The summed E-state index contributed by atoms with van der Waals surface area (Å²) in [6, 6.07) is 0. The molecule has 0 aromatic heterocycles. The average molecular weight is 207 g/mol. The van der Waals surface area contributed by atoms with Crippen LogP contribution in [-0.2, 0) is 9.53 Å². The van der Waals surface area contributed by atoms with Crippen molar-refractivity contribution in [3.8, 4) is 0 Å². The van der Waals surface area contributed by atoms with Crippen molar-refractivity contribution in [1.29, 1.82) is 0 Å². The Bertz CT molecular complexity index is 201. The first kappa shape index (κ1) is 11.3. The molecule has 5 atom stereocenters. The number of hydrogen-bond acceptors (Lipinski definition) is 6. The van der Waals surface area contributed by atoms with Crippen molar-refractivity contribution >= 4 is 6.41 Å². The molecule has 0 radical (unpaired) electrons. The van der Waals surface area contributed by atoms with E-state index in [1.807, 2.05) is 0 Å². The van der Waals surface area contributed by atoms with Crippen LogP contribution in [0.1, 0.15) is 0 Å². The van der Waals surface area contributed by atoms with Crippen molar-refractivity contribution in [2.45, 2.75) is 30.7 Å². The van der Waals surface area contributed by atoms with Gasteiger partial charge in [0.15, 0.2) is 6.29 Å². The maximum atomic E-state index is 9.96. The first-order chi connectivity index (χ1) is 6.57. The highest BCUT2D eigenvalue weighted by Crippen LogP contribution is 2.18. The third kappa shape index (κ3) is 2.20. The molecule has 14 heavy (non-hydrogen) atoms. The van der Waals surface area contributed by atoms with Crippen LogP contribution >= 0.6 is 0 Å². The van der Waals surface area contributed by atoms with Gasteiger partial charge in [0.1, 0.15) is 24.4 Å². The van der Waals surface area contributed by atoms with Crippen LogP contribution in [0.5, 0.6) is 0 Å². The SMILES string of the molecule is O=CNC[C@H]1O[C@H](O)[C@H](O)[C@@H](O)[C@@H]1O. The number of ether oxygens (including phenoxy) is 1. The van der Waals surface area contributed by atoms with E-state index in [4.69, 9.17) is 14.9 Å². The number of amides is 1. The van der Waals surface area contributed by atoms with Crippen LogP contribution in [0, 0.1) is 0 Å². The second-order valence-corrected chi connectivity index (χ2v) is 3.06. The van der Waals surface area contributed by atoms with Crippen molar-refractivity contribution in [3.63, 3.8) is 0 Å². The molecule has 0 unspecified atom stereocenters. The van der Waals surface area contributed by atoms with Crippen LogP contribution in [0.3, 0.4) is 0 Å². The van der Waals surface area contributed by atoms with E-state index in [0.717, 1.165) is 0 Å². The molecular weight excluding hydrogens is 194 g/mol. The van der Waals surface area contributed by atoms with Crippen LogP contribution in [0.15, 0.2) is 0 Å². The Morgan fingerprint density at radius 1 is 1.14 bits per heavy atom. The minimum absolute atomic E-state index is 0.0501. The van der Waals surface area contributed by atoms with Gasteiger partial charge in [-0.15, -0.1) is 0 Å². The topological polar surface area (TPSA) is 119 Å². The maximum Gasteiger partial charge on any atom is 0.207 e. The Morgan fingerprint density at radius 2 is 1.79 bits per heavy atom. The van der Waals surface area contributed by atoms with Crippen molar-refractivity contribution in [1.82, 2.24) is 5.32 Å². The van der Waals surface area contributed by atoms with Gasteiger partial charge in [-0.1, -0.05) is 0 Å². The van der Waals surface area contributed by atoms with E-state index in [-0.39, 0.29) is 6.54 Å². The quantitative estimate of drug-likeness (QED) is 0.307. The van der Waals surface area contributed by atoms with E-state index < -0.39 is 30.7 Å². The van der Waals surface area contributed by atoms with Crippen molar-refractivity contribution in [3.05, 3.63) is 0 Å². The first-order valence-corrected chi connectivity index (χ1v) is 4.12. The van der Waals surface area contributed by atoms with Gasteiger partial charge in [0.25, 0.3) is 0 Å². The Balaban J connectivity index is 2.55. The molecule has 5 N–H and O–H groups in total. The minimum atomic E-state index is -1.56. The highest BCUT2D eigenvalue weighted by molar-refractivity contribution is 5.45. The number of carbonyl (C=O) groups excluding carboxylic acids is 1. The van der Waals surface area contributed by atoms with E-state index in [1.54, 1.807) is 0 Å². The Morgan fingerprint density at radius 3 is 2.36 bits per heavy atom. The van der Waals surface area contributed by atoms with Crippen LogP contribution in [0.2, 0.25) is 0 Å². The second kappa shape index (κ2) is 4.67. The van der Waals surface area contributed by atoms with Gasteiger partial charge in [0.05, 0.1) is 0 Å². The maximum absolute atomic E-state index is 9.96. The Kier molecular flexibility index (Phi) is 3.78. The van der Waals surface area contributed by atoms with Gasteiger partial charge in [-0.2, -0.15) is 0 Å². The van der Waals surface area contributed by atoms with Gasteiger partial charge in [-0.25, -0.2) is 0 Å². The summed E-state index contributed by atoms with van der Waals surface area (Å²) < 4.78 is 4.76. The summed E-state index contributed by atoms with van der Waals surface area (Å²) in [5, 5.41) is 39.0. The predicted octanol–water partition coefficient (Wildman–Crippen LogP) is -3.47. The van der Waals surface area contributed by atoms with Gasteiger partial charge < -0.3 is 30.5 Å². The lowest BCUT2D eigenvalue weighted by Gasteiger charge is -2.38. The zero-order valence-electron chi connectivity index (χ0n) is 7.28. The minimum Gasteiger partial charge on any atom is -0.388 e. The Hall–Kier alpha value is -0.730. The molecule has 0 aromatic carbocycles. The number of hydrogen-bond donors (Lipinski definition) is 5. The number of aliphatic hydroxyl groups is 4. The summed E-state index contributed by atoms with van der Waals surface area (Å²) in [7, 11) is 0. The molecule has 7 nitrogen and oxygen atoms in total. The largest absolute Gasteiger partial charge is 0.388 e. The summed E-state index contributed by atoms with van der Waals surface area (Å²) in [5.74, 6) is 0. The Labute approximate surface area is 79.9 Å². The molecule has 0 aliphatic carbocycles. The number of carbonyl (C=O) groups is 1. The van der Waals surface area contributed by atoms with Crippen LogP contribution in [0.25, 0.3) is 0 Å². The monoisotopic (exact) mass is 207 g/mol. The predicted molar refractivity (Wildman–Crippen MR) is 43.0 cm³/mol. The average Bonchev–Trinajstić information content (AvgIpc) is 2.18. The van der Waals surface area contributed by atoms with Crippen molar-refractivity contribution < 1.29 is 30.0 Å². The van der Waals surface area contributed by atoms with Crippen LogP contribution in [0.4, 0.5) is 0 Å². The molecule has 0 spiro atoms. The van der Waals surface area contributed by atoms with Crippen molar-refractivity contribution in [2.24, 2.45) is 0 Å². The molecular formula is C7H13NO6. The molecule has 0 saturated carbocycles. The highest BCUT2D eigenvalue weighted by Gasteiger charge is 2.42. The molecule has 0 aromatic rings. The lowest BCUT2D eigenvalue weighted by molar-refractivity contribution is -0.280. The van der Waals surface area contributed by atoms with Gasteiger partial charge in [-0.3, -0.25) is 4.79 Å². The zero-order valence-corrected chi connectivity index (χ0v) is 7.28. The molecule has 1 aliphatic rings. The zero-order chi connectivity index (χ0) is 10.7. The third-order valence-electron chi connectivity index (χ3n) is 2.09. The smallest absolute Gasteiger partial charge is 0.207 e. The molecule has 1 amide bonds. The van der Waals surface area contributed by atoms with Gasteiger partial charge in [0.2, 0.25) is 6.41 Å².